The third-order valence-corrected chi connectivity index (χ3v) is 6.32. The van der Waals surface area contributed by atoms with Gasteiger partial charge in [-0.1, -0.05) is 43.3 Å². The van der Waals surface area contributed by atoms with E-state index in [1.54, 1.807) is 0 Å². The van der Waals surface area contributed by atoms with Gasteiger partial charge in [0.2, 0.25) is 0 Å². The highest BCUT2D eigenvalue weighted by atomic mass is 16.5. The van der Waals surface area contributed by atoms with Crippen molar-refractivity contribution >= 4 is 22.9 Å². The fourth-order valence-corrected chi connectivity index (χ4v) is 4.75. The maximum absolute atomic E-state index is 11.4. The molecular weight excluding hydrogens is 372 g/mol. The molecule has 1 unspecified atom stereocenters. The molecule has 30 heavy (non-hydrogen) atoms. The van der Waals surface area contributed by atoms with Gasteiger partial charge in [-0.2, -0.15) is 0 Å². The number of methoxy groups -OCH3 is 1. The first kappa shape index (κ1) is 20.4. The molecule has 1 aromatic heterocycles. The number of fused-ring (bicyclic) bond motifs is 2. The van der Waals surface area contributed by atoms with Crippen LogP contribution < -0.4 is 0 Å². The highest BCUT2D eigenvalue weighted by Gasteiger charge is 2.27. The summed E-state index contributed by atoms with van der Waals surface area (Å²) in [6.45, 7) is 4.35. The van der Waals surface area contributed by atoms with Gasteiger partial charge in [-0.25, -0.2) is 4.79 Å². The number of ether oxygens (including phenoxy) is 1. The van der Waals surface area contributed by atoms with Crippen LogP contribution in [-0.4, -0.2) is 35.6 Å². The number of para-hydroxylation sites is 1. The largest absolute Gasteiger partial charge is 0.466 e. The molecule has 0 radical (unpaired) electrons. The molecule has 0 bridgehead atoms. The summed E-state index contributed by atoms with van der Waals surface area (Å²) in [5.41, 5.74) is 6.61. The van der Waals surface area contributed by atoms with Crippen molar-refractivity contribution in [2.45, 2.75) is 32.2 Å². The van der Waals surface area contributed by atoms with Crippen LogP contribution in [0.3, 0.4) is 0 Å². The van der Waals surface area contributed by atoms with Crippen molar-refractivity contribution < 1.29 is 9.53 Å². The molecule has 0 amide bonds. The van der Waals surface area contributed by atoms with Gasteiger partial charge in [0.15, 0.2) is 0 Å². The first-order chi connectivity index (χ1) is 14.6. The third-order valence-electron chi connectivity index (χ3n) is 6.32. The minimum atomic E-state index is -0.320. The predicted octanol–water partition coefficient (Wildman–Crippen LogP) is 4.92. The van der Waals surface area contributed by atoms with E-state index in [0.29, 0.717) is 6.04 Å². The first-order valence-electron chi connectivity index (χ1n) is 10.8. The lowest BCUT2D eigenvalue weighted by molar-refractivity contribution is -0.134. The van der Waals surface area contributed by atoms with E-state index in [1.165, 1.54) is 40.8 Å². The highest BCUT2D eigenvalue weighted by Crippen LogP contribution is 2.36. The maximum atomic E-state index is 11.4. The minimum Gasteiger partial charge on any atom is -0.466 e. The molecule has 0 fully saturated rings. The molecule has 0 saturated carbocycles. The molecule has 1 aliphatic carbocycles. The Balaban J connectivity index is 1.48. The van der Waals surface area contributed by atoms with E-state index in [-0.39, 0.29) is 5.97 Å². The number of nitrogens with zero attached hydrogens (tertiary/aromatic N) is 2. The zero-order chi connectivity index (χ0) is 21.1. The van der Waals surface area contributed by atoms with Crippen LogP contribution in [0.2, 0.25) is 0 Å². The predicted molar refractivity (Wildman–Crippen MR) is 122 cm³/mol. The number of rotatable bonds is 7. The third kappa shape index (κ3) is 4.05. The van der Waals surface area contributed by atoms with Crippen LogP contribution in [0.4, 0.5) is 0 Å². The van der Waals surface area contributed by atoms with Crippen molar-refractivity contribution in [3.63, 3.8) is 0 Å². The van der Waals surface area contributed by atoms with Gasteiger partial charge in [0.05, 0.1) is 7.11 Å². The van der Waals surface area contributed by atoms with E-state index in [0.717, 1.165) is 37.9 Å². The second-order valence-electron chi connectivity index (χ2n) is 8.03. The molecule has 4 rings (SSSR count). The van der Waals surface area contributed by atoms with Crippen molar-refractivity contribution in [1.29, 1.82) is 0 Å². The molecule has 0 spiro atoms. The molecule has 4 nitrogen and oxygen atoms in total. The van der Waals surface area contributed by atoms with Gasteiger partial charge >= 0.3 is 5.97 Å². The molecule has 3 aromatic rings. The number of likely N-dealkylation sites (N-methyl/N-ethyl adjacent to an activating group) is 1. The number of carbonyl (C=O) groups is 1. The molecular formula is C26H30N2O2. The van der Waals surface area contributed by atoms with E-state index in [1.807, 2.05) is 6.08 Å². The Labute approximate surface area is 178 Å². The fraction of sp³-hybridized carbons (Fsp3) is 0.346. The average molecular weight is 403 g/mol. The Kier molecular flexibility index (Phi) is 6.05. The molecule has 2 aromatic carbocycles. The van der Waals surface area contributed by atoms with Crippen molar-refractivity contribution in [2.75, 3.05) is 20.2 Å². The van der Waals surface area contributed by atoms with E-state index in [9.17, 15) is 4.79 Å². The van der Waals surface area contributed by atoms with E-state index < -0.39 is 0 Å². The van der Waals surface area contributed by atoms with Gasteiger partial charge in [0.25, 0.3) is 0 Å². The molecule has 1 atom stereocenters. The summed E-state index contributed by atoms with van der Waals surface area (Å²) in [6, 6.07) is 15.7. The Morgan fingerprint density at radius 1 is 1.27 bits per heavy atom. The van der Waals surface area contributed by atoms with Crippen molar-refractivity contribution in [3.8, 4) is 0 Å². The number of hydrogen-bond acceptors (Lipinski definition) is 3. The van der Waals surface area contributed by atoms with Crippen molar-refractivity contribution in [2.24, 2.45) is 7.05 Å². The quantitative estimate of drug-likeness (QED) is 0.416. The second-order valence-corrected chi connectivity index (χ2v) is 8.03. The highest BCUT2D eigenvalue weighted by molar-refractivity contribution is 5.87. The summed E-state index contributed by atoms with van der Waals surface area (Å²) in [7, 11) is 3.53. The summed E-state index contributed by atoms with van der Waals surface area (Å²) in [4.78, 5) is 14.0. The minimum absolute atomic E-state index is 0.320. The van der Waals surface area contributed by atoms with Gasteiger partial charge in [0, 0.05) is 42.8 Å². The lowest BCUT2D eigenvalue weighted by Gasteiger charge is -2.28. The number of esters is 1. The number of benzene rings is 2. The van der Waals surface area contributed by atoms with Crippen molar-refractivity contribution in [1.82, 2.24) is 9.47 Å². The Morgan fingerprint density at radius 2 is 2.10 bits per heavy atom. The van der Waals surface area contributed by atoms with Gasteiger partial charge < -0.3 is 9.30 Å². The van der Waals surface area contributed by atoms with Crippen LogP contribution in [0.5, 0.6) is 0 Å². The van der Waals surface area contributed by atoms with E-state index in [4.69, 9.17) is 0 Å². The van der Waals surface area contributed by atoms with Crippen LogP contribution in [0.25, 0.3) is 17.0 Å². The van der Waals surface area contributed by atoms with Crippen molar-refractivity contribution in [3.05, 3.63) is 77.0 Å². The molecule has 4 heteroatoms. The normalized spacial score (nSPS) is 15.9. The smallest absolute Gasteiger partial charge is 0.330 e. The van der Waals surface area contributed by atoms with Crippen LogP contribution in [-0.2, 0) is 29.4 Å². The van der Waals surface area contributed by atoms with Crippen LogP contribution >= 0.6 is 0 Å². The van der Waals surface area contributed by atoms with Crippen LogP contribution in [0.15, 0.2) is 54.7 Å². The first-order valence-corrected chi connectivity index (χ1v) is 10.8. The molecule has 156 valence electrons. The van der Waals surface area contributed by atoms with Crippen LogP contribution in [0.1, 0.15) is 41.6 Å². The maximum Gasteiger partial charge on any atom is 0.330 e. The lowest BCUT2D eigenvalue weighted by atomic mass is 10.0. The summed E-state index contributed by atoms with van der Waals surface area (Å²) >= 11 is 0. The molecule has 0 N–H and O–H groups in total. The molecule has 1 aliphatic rings. The van der Waals surface area contributed by atoms with Gasteiger partial charge in [0.1, 0.15) is 0 Å². The number of hydrogen-bond donors (Lipinski definition) is 0. The second kappa shape index (κ2) is 8.88. The van der Waals surface area contributed by atoms with E-state index >= 15 is 0 Å². The molecule has 0 aliphatic heterocycles. The summed E-state index contributed by atoms with van der Waals surface area (Å²) < 4.78 is 6.92. The monoisotopic (exact) mass is 402 g/mol. The Hall–Kier alpha value is -2.85. The topological polar surface area (TPSA) is 34.5 Å². The zero-order valence-corrected chi connectivity index (χ0v) is 18.1. The number of aromatic nitrogens is 1. The summed E-state index contributed by atoms with van der Waals surface area (Å²) in [6.07, 6.45) is 8.89. The number of carbonyl (C=O) groups excluding carboxylic acids is 1. The van der Waals surface area contributed by atoms with Gasteiger partial charge in [-0.15, -0.1) is 0 Å². The molecule has 1 heterocycles. The standard InChI is InChI=1S/C26H30N2O2/c1-4-28(16-15-21-18-27(2)24-8-6-5-7-22(21)24)25-13-11-20-17-19(9-12-23(20)25)10-14-26(29)30-3/h5-10,12,14,17-18,25H,4,11,13,15-16H2,1-3H3/b14-10+. The van der Waals surface area contributed by atoms with Gasteiger partial charge in [-0.3, -0.25) is 4.90 Å². The Morgan fingerprint density at radius 3 is 2.90 bits per heavy atom. The van der Waals surface area contributed by atoms with Gasteiger partial charge in [-0.05, 0) is 60.2 Å². The SMILES string of the molecule is CCN(CCc1cn(C)c2ccccc12)C1CCc2cc(/C=C/C(=O)OC)ccc21. The zero-order valence-electron chi connectivity index (χ0n) is 18.1. The number of aryl methyl sites for hydroxylation is 2. The Bertz CT molecular complexity index is 1080. The summed E-state index contributed by atoms with van der Waals surface area (Å²) in [5, 5.41) is 1.37. The average Bonchev–Trinajstić information content (AvgIpc) is 3.34. The lowest BCUT2D eigenvalue weighted by Crippen LogP contribution is -2.29. The molecule has 0 saturated heterocycles. The fourth-order valence-electron chi connectivity index (χ4n) is 4.75. The summed E-state index contributed by atoms with van der Waals surface area (Å²) in [5.74, 6) is -0.320. The van der Waals surface area contributed by atoms with Crippen LogP contribution in [0, 0.1) is 0 Å². The van der Waals surface area contributed by atoms with E-state index in [2.05, 4.69) is 76.8 Å².